The first kappa shape index (κ1) is 13.9. The number of nitrogens with one attached hydrogen (secondary N) is 2. The van der Waals surface area contributed by atoms with Gasteiger partial charge in [0.15, 0.2) is 0 Å². The molecule has 1 atom stereocenters. The minimum Gasteiger partial charge on any atom is -0.491 e. The Balaban J connectivity index is 1.58. The number of ether oxygens (including phenoxy) is 1. The Morgan fingerprint density at radius 3 is 3.00 bits per heavy atom. The van der Waals surface area contributed by atoms with Gasteiger partial charge in [0, 0.05) is 5.56 Å². The zero-order chi connectivity index (χ0) is 14.7. The molecule has 112 valence electrons. The van der Waals surface area contributed by atoms with Crippen LogP contribution in [0.3, 0.4) is 0 Å². The quantitative estimate of drug-likeness (QED) is 0.850. The summed E-state index contributed by atoms with van der Waals surface area (Å²) in [5, 5.41) is 14.6. The van der Waals surface area contributed by atoms with Crippen LogP contribution >= 0.6 is 0 Å². The van der Waals surface area contributed by atoms with E-state index in [0.717, 1.165) is 17.9 Å². The third-order valence-electron chi connectivity index (χ3n) is 3.29. The van der Waals surface area contributed by atoms with Gasteiger partial charge in [-0.25, -0.2) is 0 Å². The zero-order valence-corrected chi connectivity index (χ0v) is 12.3. The lowest BCUT2D eigenvalue weighted by Gasteiger charge is -2.08. The van der Waals surface area contributed by atoms with Crippen molar-refractivity contribution < 1.29 is 9.15 Å². The van der Waals surface area contributed by atoms with Crippen LogP contribution in [-0.4, -0.2) is 23.3 Å². The normalized spacial score (nSPS) is 16.8. The van der Waals surface area contributed by atoms with E-state index in [9.17, 15) is 0 Å². The molecule has 21 heavy (non-hydrogen) atoms. The van der Waals surface area contributed by atoms with Gasteiger partial charge in [0.05, 0.1) is 12.6 Å². The summed E-state index contributed by atoms with van der Waals surface area (Å²) in [5.74, 6) is 2.09. The van der Waals surface area contributed by atoms with Gasteiger partial charge in [0.1, 0.15) is 12.4 Å². The molecule has 1 aromatic heterocycles. The summed E-state index contributed by atoms with van der Waals surface area (Å²) in [6.45, 7) is 6.40. The van der Waals surface area contributed by atoms with Gasteiger partial charge >= 0.3 is 6.01 Å². The second-order valence-corrected chi connectivity index (χ2v) is 5.57. The highest BCUT2D eigenvalue weighted by atomic mass is 16.5. The Morgan fingerprint density at radius 1 is 1.29 bits per heavy atom. The highest BCUT2D eigenvalue weighted by Gasteiger charge is 2.24. The molecule has 0 fully saturated rings. The first-order chi connectivity index (χ1) is 10.2. The van der Waals surface area contributed by atoms with Crippen LogP contribution in [-0.2, 0) is 6.54 Å². The number of para-hydroxylation sites is 1. The summed E-state index contributed by atoms with van der Waals surface area (Å²) >= 11 is 0. The van der Waals surface area contributed by atoms with Gasteiger partial charge in [0.25, 0.3) is 0 Å². The number of nitrogens with zero attached hydrogens (tertiary/aromatic N) is 2. The van der Waals surface area contributed by atoms with E-state index in [2.05, 4.69) is 34.7 Å². The summed E-state index contributed by atoms with van der Waals surface area (Å²) in [4.78, 5) is 0. The fourth-order valence-electron chi connectivity index (χ4n) is 2.28. The van der Waals surface area contributed by atoms with E-state index >= 15 is 0 Å². The largest absolute Gasteiger partial charge is 0.491 e. The summed E-state index contributed by atoms with van der Waals surface area (Å²) in [7, 11) is 0. The second-order valence-electron chi connectivity index (χ2n) is 5.57. The predicted molar refractivity (Wildman–Crippen MR) is 79.1 cm³/mol. The molecule has 1 aromatic carbocycles. The SMILES string of the molecule is CC(C)CNCc1nnc(NC2COc3ccccc32)o1. The number of aromatic nitrogens is 2. The molecule has 2 N–H and O–H groups in total. The van der Waals surface area contributed by atoms with Crippen LogP contribution in [0.2, 0.25) is 0 Å². The van der Waals surface area contributed by atoms with E-state index in [1.807, 2.05) is 24.3 Å². The Kier molecular flexibility index (Phi) is 4.06. The van der Waals surface area contributed by atoms with Crippen molar-refractivity contribution in [2.24, 2.45) is 5.92 Å². The molecule has 6 nitrogen and oxygen atoms in total. The van der Waals surface area contributed by atoms with Crippen molar-refractivity contribution in [2.75, 3.05) is 18.5 Å². The smallest absolute Gasteiger partial charge is 0.316 e. The van der Waals surface area contributed by atoms with Crippen LogP contribution in [0.5, 0.6) is 5.75 Å². The first-order valence-corrected chi connectivity index (χ1v) is 7.23. The molecule has 0 bridgehead atoms. The summed E-state index contributed by atoms with van der Waals surface area (Å²) < 4.78 is 11.2. The van der Waals surface area contributed by atoms with Gasteiger partial charge < -0.3 is 19.8 Å². The highest BCUT2D eigenvalue weighted by molar-refractivity contribution is 5.43. The van der Waals surface area contributed by atoms with Crippen molar-refractivity contribution in [3.63, 3.8) is 0 Å². The molecular formula is C15H20N4O2. The lowest BCUT2D eigenvalue weighted by Crippen LogP contribution is -2.19. The number of anilines is 1. The molecule has 1 aliphatic rings. The van der Waals surface area contributed by atoms with Crippen molar-refractivity contribution in [1.82, 2.24) is 15.5 Å². The summed E-state index contributed by atoms with van der Waals surface area (Å²) in [5.41, 5.74) is 1.12. The fraction of sp³-hybridized carbons (Fsp3) is 0.467. The average Bonchev–Trinajstić information content (AvgIpc) is 3.07. The Hall–Kier alpha value is -2.08. The molecule has 0 saturated carbocycles. The lowest BCUT2D eigenvalue weighted by atomic mass is 10.1. The minimum atomic E-state index is 0.0538. The van der Waals surface area contributed by atoms with Crippen molar-refractivity contribution in [3.8, 4) is 5.75 Å². The highest BCUT2D eigenvalue weighted by Crippen LogP contribution is 2.33. The van der Waals surface area contributed by atoms with Gasteiger partial charge in [0.2, 0.25) is 5.89 Å². The van der Waals surface area contributed by atoms with Crippen molar-refractivity contribution >= 4 is 6.01 Å². The van der Waals surface area contributed by atoms with Crippen LogP contribution in [0, 0.1) is 5.92 Å². The maximum Gasteiger partial charge on any atom is 0.316 e. The molecule has 3 rings (SSSR count). The topological polar surface area (TPSA) is 72.2 Å². The number of benzene rings is 1. The summed E-state index contributed by atoms with van der Waals surface area (Å²) in [6, 6.07) is 8.46. The molecule has 1 unspecified atom stereocenters. The number of hydrogen-bond acceptors (Lipinski definition) is 6. The average molecular weight is 288 g/mol. The molecule has 2 aromatic rings. The van der Waals surface area contributed by atoms with Gasteiger partial charge in [-0.1, -0.05) is 37.1 Å². The van der Waals surface area contributed by atoms with Gasteiger partial charge in [-0.15, -0.1) is 5.10 Å². The maximum atomic E-state index is 5.62. The summed E-state index contributed by atoms with van der Waals surface area (Å²) in [6.07, 6.45) is 0. The molecule has 0 saturated heterocycles. The molecule has 0 amide bonds. The van der Waals surface area contributed by atoms with E-state index < -0.39 is 0 Å². The van der Waals surface area contributed by atoms with Crippen LogP contribution in [0.25, 0.3) is 0 Å². The Labute approximate surface area is 123 Å². The Bertz CT molecular complexity index is 597. The number of fused-ring (bicyclic) bond motifs is 1. The lowest BCUT2D eigenvalue weighted by molar-refractivity contribution is 0.337. The molecule has 0 radical (unpaired) electrons. The van der Waals surface area contributed by atoms with E-state index in [-0.39, 0.29) is 6.04 Å². The van der Waals surface area contributed by atoms with Crippen molar-refractivity contribution in [3.05, 3.63) is 35.7 Å². The van der Waals surface area contributed by atoms with E-state index in [1.54, 1.807) is 0 Å². The van der Waals surface area contributed by atoms with Crippen LogP contribution in [0.15, 0.2) is 28.7 Å². The zero-order valence-electron chi connectivity index (χ0n) is 12.3. The molecule has 2 heterocycles. The van der Waals surface area contributed by atoms with Gasteiger partial charge in [-0.3, -0.25) is 0 Å². The monoisotopic (exact) mass is 288 g/mol. The Morgan fingerprint density at radius 2 is 2.14 bits per heavy atom. The van der Waals surface area contributed by atoms with E-state index in [1.165, 1.54) is 0 Å². The molecule has 0 spiro atoms. The maximum absolute atomic E-state index is 5.62. The van der Waals surface area contributed by atoms with Crippen LogP contribution < -0.4 is 15.4 Å². The molecule has 1 aliphatic heterocycles. The van der Waals surface area contributed by atoms with Crippen molar-refractivity contribution in [2.45, 2.75) is 26.4 Å². The minimum absolute atomic E-state index is 0.0538. The third-order valence-corrected chi connectivity index (χ3v) is 3.29. The van der Waals surface area contributed by atoms with Crippen LogP contribution in [0.4, 0.5) is 6.01 Å². The standard InChI is InChI=1S/C15H20N4O2/c1-10(2)7-16-8-14-18-19-15(21-14)17-12-9-20-13-6-4-3-5-11(12)13/h3-6,10,12,16H,7-9H2,1-2H3,(H,17,19). The second kappa shape index (κ2) is 6.13. The van der Waals surface area contributed by atoms with E-state index in [0.29, 0.717) is 31.0 Å². The van der Waals surface area contributed by atoms with E-state index in [4.69, 9.17) is 9.15 Å². The molecular weight excluding hydrogens is 268 g/mol. The first-order valence-electron chi connectivity index (χ1n) is 7.23. The predicted octanol–water partition coefficient (Wildman–Crippen LogP) is 2.36. The number of hydrogen-bond donors (Lipinski definition) is 2. The van der Waals surface area contributed by atoms with Crippen LogP contribution in [0.1, 0.15) is 31.3 Å². The van der Waals surface area contributed by atoms with Gasteiger partial charge in [-0.05, 0) is 18.5 Å². The van der Waals surface area contributed by atoms with Gasteiger partial charge in [-0.2, -0.15) is 0 Å². The third kappa shape index (κ3) is 3.33. The number of rotatable bonds is 6. The fourth-order valence-corrected chi connectivity index (χ4v) is 2.28. The van der Waals surface area contributed by atoms with Crippen molar-refractivity contribution in [1.29, 1.82) is 0 Å². The molecule has 0 aliphatic carbocycles. The molecule has 6 heteroatoms.